The Morgan fingerprint density at radius 2 is 2.05 bits per heavy atom. The van der Waals surface area contributed by atoms with E-state index in [0.29, 0.717) is 23.5 Å². The molecule has 0 heterocycles. The molecule has 0 aliphatic heterocycles. The summed E-state index contributed by atoms with van der Waals surface area (Å²) in [6, 6.07) is 12.7. The monoisotopic (exact) mass is 334 g/mol. The Bertz CT molecular complexity index is 629. The van der Waals surface area contributed by atoms with Gasteiger partial charge in [-0.25, -0.2) is 0 Å². The van der Waals surface area contributed by atoms with Gasteiger partial charge in [-0.1, -0.05) is 34.1 Å². The number of para-hydroxylation sites is 1. The number of nitrogens with two attached hydrogens (primary N) is 1. The highest BCUT2D eigenvalue weighted by molar-refractivity contribution is 9.10. The lowest BCUT2D eigenvalue weighted by Gasteiger charge is -2.12. The van der Waals surface area contributed by atoms with Gasteiger partial charge in [0, 0.05) is 16.7 Å². The normalized spacial score (nSPS) is 10.2. The lowest BCUT2D eigenvalue weighted by atomic mass is 10.1. The van der Waals surface area contributed by atoms with Crippen LogP contribution >= 0.6 is 15.9 Å². The van der Waals surface area contributed by atoms with E-state index in [-0.39, 0.29) is 5.91 Å². The zero-order chi connectivity index (χ0) is 14.5. The number of rotatable bonds is 4. The van der Waals surface area contributed by atoms with Gasteiger partial charge >= 0.3 is 0 Å². The molecule has 0 saturated carbocycles. The second kappa shape index (κ2) is 6.54. The minimum absolute atomic E-state index is 0.227. The first-order valence-corrected chi connectivity index (χ1v) is 6.88. The van der Waals surface area contributed by atoms with Crippen molar-refractivity contribution in [1.82, 2.24) is 0 Å². The van der Waals surface area contributed by atoms with Gasteiger partial charge in [0.15, 0.2) is 0 Å². The highest BCUT2D eigenvalue weighted by atomic mass is 79.9. The standard InChI is InChI=1S/C15H15BrN2O2/c1-20-14-8-11(16)6-7-12(14)15(19)18-13-5-3-2-4-10(13)9-17/h2-8H,9,17H2,1H3,(H,18,19). The van der Waals surface area contributed by atoms with Crippen molar-refractivity contribution in [1.29, 1.82) is 0 Å². The molecule has 0 fully saturated rings. The van der Waals surface area contributed by atoms with E-state index < -0.39 is 0 Å². The molecule has 0 bridgehead atoms. The topological polar surface area (TPSA) is 64.3 Å². The van der Waals surface area contributed by atoms with Crippen molar-refractivity contribution in [2.45, 2.75) is 6.54 Å². The first-order valence-electron chi connectivity index (χ1n) is 6.08. The minimum atomic E-state index is -0.227. The molecule has 104 valence electrons. The van der Waals surface area contributed by atoms with E-state index >= 15 is 0 Å². The summed E-state index contributed by atoms with van der Waals surface area (Å²) in [5, 5.41) is 2.86. The zero-order valence-electron chi connectivity index (χ0n) is 11.0. The fourth-order valence-corrected chi connectivity index (χ4v) is 2.20. The van der Waals surface area contributed by atoms with Crippen LogP contribution in [0.15, 0.2) is 46.9 Å². The summed E-state index contributed by atoms with van der Waals surface area (Å²) in [6.07, 6.45) is 0. The fraction of sp³-hybridized carbons (Fsp3) is 0.133. The van der Waals surface area contributed by atoms with Gasteiger partial charge in [0.25, 0.3) is 5.91 Å². The van der Waals surface area contributed by atoms with Crippen LogP contribution in [0.3, 0.4) is 0 Å². The molecule has 5 heteroatoms. The number of hydrogen-bond acceptors (Lipinski definition) is 3. The van der Waals surface area contributed by atoms with Crippen LogP contribution in [0.4, 0.5) is 5.69 Å². The van der Waals surface area contributed by atoms with Gasteiger partial charge in [-0.15, -0.1) is 0 Å². The van der Waals surface area contributed by atoms with Crippen LogP contribution in [0.5, 0.6) is 5.75 Å². The summed E-state index contributed by atoms with van der Waals surface area (Å²) in [5.41, 5.74) is 7.73. The third-order valence-electron chi connectivity index (χ3n) is 2.89. The number of hydrogen-bond donors (Lipinski definition) is 2. The van der Waals surface area contributed by atoms with E-state index in [1.165, 1.54) is 7.11 Å². The second-order valence-corrected chi connectivity index (χ2v) is 5.08. The van der Waals surface area contributed by atoms with Gasteiger partial charge in [-0.05, 0) is 29.8 Å². The van der Waals surface area contributed by atoms with Gasteiger partial charge in [-0.2, -0.15) is 0 Å². The third kappa shape index (κ3) is 3.18. The van der Waals surface area contributed by atoms with E-state index in [2.05, 4.69) is 21.2 Å². The third-order valence-corrected chi connectivity index (χ3v) is 3.39. The average molecular weight is 335 g/mol. The van der Waals surface area contributed by atoms with Crippen molar-refractivity contribution in [2.24, 2.45) is 5.73 Å². The fourth-order valence-electron chi connectivity index (χ4n) is 1.86. The van der Waals surface area contributed by atoms with E-state index in [1.54, 1.807) is 18.2 Å². The molecular formula is C15H15BrN2O2. The molecule has 2 aromatic rings. The Kier molecular flexibility index (Phi) is 4.76. The molecular weight excluding hydrogens is 320 g/mol. The number of carbonyl (C=O) groups is 1. The molecule has 0 unspecified atom stereocenters. The summed E-state index contributed by atoms with van der Waals surface area (Å²) >= 11 is 3.35. The van der Waals surface area contributed by atoms with E-state index in [9.17, 15) is 4.79 Å². The van der Waals surface area contributed by atoms with Gasteiger partial charge in [0.1, 0.15) is 5.75 Å². The predicted molar refractivity (Wildman–Crippen MR) is 83.0 cm³/mol. The Morgan fingerprint density at radius 1 is 1.30 bits per heavy atom. The van der Waals surface area contributed by atoms with Crippen molar-refractivity contribution in [3.8, 4) is 5.75 Å². The molecule has 4 nitrogen and oxygen atoms in total. The van der Waals surface area contributed by atoms with Gasteiger partial charge in [-0.3, -0.25) is 4.79 Å². The number of carbonyl (C=O) groups excluding carboxylic acids is 1. The lowest BCUT2D eigenvalue weighted by Crippen LogP contribution is -2.15. The second-order valence-electron chi connectivity index (χ2n) is 4.16. The first kappa shape index (κ1) is 14.6. The highest BCUT2D eigenvalue weighted by Crippen LogP contribution is 2.25. The molecule has 0 aliphatic rings. The van der Waals surface area contributed by atoms with Crippen LogP contribution in [0.25, 0.3) is 0 Å². The first-order chi connectivity index (χ1) is 9.65. The molecule has 0 atom stereocenters. The molecule has 2 rings (SSSR count). The number of methoxy groups -OCH3 is 1. The Labute approximate surface area is 126 Å². The maximum atomic E-state index is 12.3. The van der Waals surface area contributed by atoms with E-state index in [0.717, 1.165) is 10.0 Å². The van der Waals surface area contributed by atoms with Crippen molar-refractivity contribution >= 4 is 27.5 Å². The molecule has 0 aliphatic carbocycles. The van der Waals surface area contributed by atoms with Gasteiger partial charge < -0.3 is 15.8 Å². The Hall–Kier alpha value is -1.85. The molecule has 0 saturated heterocycles. The smallest absolute Gasteiger partial charge is 0.259 e. The average Bonchev–Trinajstić information content (AvgIpc) is 2.47. The lowest BCUT2D eigenvalue weighted by molar-refractivity contribution is 0.102. The predicted octanol–water partition coefficient (Wildman–Crippen LogP) is 3.17. The molecule has 0 spiro atoms. The molecule has 1 amide bonds. The van der Waals surface area contributed by atoms with Crippen molar-refractivity contribution in [3.63, 3.8) is 0 Å². The van der Waals surface area contributed by atoms with Gasteiger partial charge in [0.05, 0.1) is 12.7 Å². The summed E-state index contributed by atoms with van der Waals surface area (Å²) < 4.78 is 6.08. The minimum Gasteiger partial charge on any atom is -0.496 e. The van der Waals surface area contributed by atoms with Crippen molar-refractivity contribution < 1.29 is 9.53 Å². The van der Waals surface area contributed by atoms with Crippen molar-refractivity contribution in [3.05, 3.63) is 58.1 Å². The van der Waals surface area contributed by atoms with E-state index in [4.69, 9.17) is 10.5 Å². The molecule has 2 aromatic carbocycles. The van der Waals surface area contributed by atoms with Crippen LogP contribution in [0.2, 0.25) is 0 Å². The largest absolute Gasteiger partial charge is 0.496 e. The number of amides is 1. The summed E-state index contributed by atoms with van der Waals surface area (Å²) in [4.78, 5) is 12.3. The number of anilines is 1. The quantitative estimate of drug-likeness (QED) is 0.902. The maximum absolute atomic E-state index is 12.3. The van der Waals surface area contributed by atoms with Crippen LogP contribution in [0.1, 0.15) is 15.9 Å². The van der Waals surface area contributed by atoms with Crippen LogP contribution < -0.4 is 15.8 Å². The van der Waals surface area contributed by atoms with Crippen LogP contribution in [-0.2, 0) is 6.54 Å². The van der Waals surface area contributed by atoms with Crippen molar-refractivity contribution in [2.75, 3.05) is 12.4 Å². The molecule has 20 heavy (non-hydrogen) atoms. The van der Waals surface area contributed by atoms with Crippen LogP contribution in [-0.4, -0.2) is 13.0 Å². The molecule has 0 aromatic heterocycles. The number of halogens is 1. The molecule has 3 N–H and O–H groups in total. The number of benzene rings is 2. The summed E-state index contributed by atoms with van der Waals surface area (Å²) in [6.45, 7) is 0.369. The number of nitrogens with one attached hydrogen (secondary N) is 1. The number of ether oxygens (including phenoxy) is 1. The maximum Gasteiger partial charge on any atom is 0.259 e. The summed E-state index contributed by atoms with van der Waals surface area (Å²) in [7, 11) is 1.53. The Morgan fingerprint density at radius 3 is 2.75 bits per heavy atom. The van der Waals surface area contributed by atoms with Crippen LogP contribution in [0, 0.1) is 0 Å². The highest BCUT2D eigenvalue weighted by Gasteiger charge is 2.13. The van der Waals surface area contributed by atoms with Gasteiger partial charge in [0.2, 0.25) is 0 Å². The Balaban J connectivity index is 2.28. The zero-order valence-corrected chi connectivity index (χ0v) is 12.6. The SMILES string of the molecule is COc1cc(Br)ccc1C(=O)Nc1ccccc1CN. The summed E-state index contributed by atoms with van der Waals surface area (Å²) in [5.74, 6) is 0.289. The molecule has 0 radical (unpaired) electrons. The van der Waals surface area contributed by atoms with E-state index in [1.807, 2.05) is 24.3 Å².